The summed E-state index contributed by atoms with van der Waals surface area (Å²) in [5.41, 5.74) is 13.4. The maximum atomic E-state index is 6.66. The van der Waals surface area contributed by atoms with Crippen LogP contribution in [0.4, 0.5) is 0 Å². The summed E-state index contributed by atoms with van der Waals surface area (Å²) in [5.74, 6) is 1.84. The summed E-state index contributed by atoms with van der Waals surface area (Å²) in [6, 6.07) is 74.6. The third-order valence-electron chi connectivity index (χ3n) is 12.3. The fraction of sp³-hybridized carbons (Fsp3) is 0. The van der Waals surface area contributed by atoms with E-state index in [4.69, 9.17) is 19.4 Å². The van der Waals surface area contributed by atoms with E-state index in [9.17, 15) is 0 Å². The maximum Gasteiger partial charge on any atom is 0.164 e. The molecule has 6 nitrogen and oxygen atoms in total. The molecule has 0 aliphatic rings. The van der Waals surface area contributed by atoms with Crippen molar-refractivity contribution in [3.63, 3.8) is 0 Å². The molecule has 0 atom stereocenters. The third-order valence-corrected chi connectivity index (χ3v) is 12.3. The smallest absolute Gasteiger partial charge is 0.164 e. The van der Waals surface area contributed by atoms with Gasteiger partial charge in [-0.05, 0) is 83.9 Å². The zero-order valence-corrected chi connectivity index (χ0v) is 33.9. The maximum absolute atomic E-state index is 6.66. The number of nitrogens with zero attached hydrogens (tertiary/aromatic N) is 5. The monoisotopic (exact) mass is 805 g/mol. The molecule has 0 saturated carbocycles. The highest BCUT2D eigenvalue weighted by Gasteiger charge is 2.20. The minimum atomic E-state index is 0.592. The minimum Gasteiger partial charge on any atom is -0.456 e. The number of furan rings is 1. The highest BCUT2D eigenvalue weighted by Crippen LogP contribution is 2.41. The molecule has 0 aliphatic heterocycles. The van der Waals surface area contributed by atoms with Crippen molar-refractivity contribution in [2.75, 3.05) is 0 Å². The quantitative estimate of drug-likeness (QED) is 0.168. The van der Waals surface area contributed by atoms with Crippen LogP contribution in [0.15, 0.2) is 217 Å². The largest absolute Gasteiger partial charge is 0.456 e. The van der Waals surface area contributed by atoms with Crippen LogP contribution in [0.1, 0.15) is 0 Å². The van der Waals surface area contributed by atoms with Gasteiger partial charge in [0.2, 0.25) is 0 Å². The van der Waals surface area contributed by atoms with Gasteiger partial charge in [0, 0.05) is 60.4 Å². The fourth-order valence-electron chi connectivity index (χ4n) is 9.42. The number of hydrogen-bond acceptors (Lipinski definition) is 4. The molecule has 0 spiro atoms. The van der Waals surface area contributed by atoms with Crippen molar-refractivity contribution in [3.8, 4) is 56.7 Å². The Labute approximate surface area is 361 Å². The molecule has 13 rings (SSSR count). The zero-order valence-electron chi connectivity index (χ0n) is 33.9. The summed E-state index contributed by atoms with van der Waals surface area (Å²) < 4.78 is 11.5. The standard InChI is InChI=1S/C57H35N5O/c1-4-15-36(16-5-1)55-58-56(37-17-6-2-7-18-37)60-57(59-55)40-28-30-46-45-29-27-39(32-53(45)63-54(46)33-40)38-19-14-22-42(31-38)62-50-26-13-11-24-44(50)48-34-47-43-23-10-12-25-49(43)61(51(47)35-52(48)62)41-20-8-3-9-21-41/h1-35H. The lowest BCUT2D eigenvalue weighted by Crippen LogP contribution is -2.00. The van der Waals surface area contributed by atoms with Crippen molar-refractivity contribution in [1.82, 2.24) is 24.1 Å². The molecule has 0 unspecified atom stereocenters. The van der Waals surface area contributed by atoms with Gasteiger partial charge in [-0.3, -0.25) is 0 Å². The topological polar surface area (TPSA) is 61.7 Å². The molecule has 0 saturated heterocycles. The van der Waals surface area contributed by atoms with Crippen molar-refractivity contribution >= 4 is 65.6 Å². The second-order valence-electron chi connectivity index (χ2n) is 16.0. The van der Waals surface area contributed by atoms with E-state index >= 15 is 0 Å². The van der Waals surface area contributed by atoms with Crippen molar-refractivity contribution in [2.45, 2.75) is 0 Å². The first-order valence-electron chi connectivity index (χ1n) is 21.2. The number of benzene rings is 9. The second-order valence-corrected chi connectivity index (χ2v) is 16.0. The van der Waals surface area contributed by atoms with Crippen LogP contribution in [0.5, 0.6) is 0 Å². The van der Waals surface area contributed by atoms with Crippen molar-refractivity contribution in [1.29, 1.82) is 0 Å². The van der Waals surface area contributed by atoms with Crippen LogP contribution < -0.4 is 0 Å². The van der Waals surface area contributed by atoms with Crippen LogP contribution in [-0.2, 0) is 0 Å². The summed E-state index contributed by atoms with van der Waals surface area (Å²) in [5, 5.41) is 7.04. The molecule has 9 aromatic carbocycles. The van der Waals surface area contributed by atoms with Crippen LogP contribution in [0.3, 0.4) is 0 Å². The Morgan fingerprint density at radius 2 is 0.714 bits per heavy atom. The first kappa shape index (κ1) is 35.2. The lowest BCUT2D eigenvalue weighted by atomic mass is 10.0. The zero-order chi connectivity index (χ0) is 41.4. The number of fused-ring (bicyclic) bond motifs is 9. The number of hydrogen-bond donors (Lipinski definition) is 0. The molecule has 6 heteroatoms. The Morgan fingerprint density at radius 1 is 0.270 bits per heavy atom. The second kappa shape index (κ2) is 14.0. The molecule has 0 N–H and O–H groups in total. The lowest BCUT2D eigenvalue weighted by molar-refractivity contribution is 0.669. The Morgan fingerprint density at radius 3 is 1.32 bits per heavy atom. The average molecular weight is 806 g/mol. The van der Waals surface area contributed by atoms with E-state index < -0.39 is 0 Å². The van der Waals surface area contributed by atoms with Gasteiger partial charge in [-0.15, -0.1) is 0 Å². The van der Waals surface area contributed by atoms with E-state index in [1.54, 1.807) is 0 Å². The predicted molar refractivity (Wildman–Crippen MR) is 258 cm³/mol. The molecule has 0 bridgehead atoms. The van der Waals surface area contributed by atoms with Crippen LogP contribution in [0.25, 0.3) is 122 Å². The Hall–Kier alpha value is -8.61. The molecule has 0 aliphatic carbocycles. The first-order chi connectivity index (χ1) is 31.2. The van der Waals surface area contributed by atoms with Crippen LogP contribution in [0.2, 0.25) is 0 Å². The van der Waals surface area contributed by atoms with Crippen molar-refractivity contribution < 1.29 is 4.42 Å². The Balaban J connectivity index is 0.925. The van der Waals surface area contributed by atoms with Gasteiger partial charge in [0.1, 0.15) is 11.2 Å². The van der Waals surface area contributed by atoms with E-state index in [2.05, 4.69) is 155 Å². The Bertz CT molecular complexity index is 3850. The van der Waals surface area contributed by atoms with Gasteiger partial charge in [-0.2, -0.15) is 0 Å². The van der Waals surface area contributed by atoms with E-state index in [1.807, 2.05) is 66.7 Å². The molecule has 63 heavy (non-hydrogen) atoms. The molecule has 294 valence electrons. The third kappa shape index (κ3) is 5.69. The normalized spacial score (nSPS) is 11.8. The summed E-state index contributed by atoms with van der Waals surface area (Å²) in [4.78, 5) is 14.8. The van der Waals surface area contributed by atoms with Gasteiger partial charge in [0.05, 0.1) is 22.1 Å². The highest BCUT2D eigenvalue weighted by molar-refractivity contribution is 6.19. The van der Waals surface area contributed by atoms with E-state index in [0.717, 1.165) is 66.6 Å². The number of aromatic nitrogens is 5. The first-order valence-corrected chi connectivity index (χ1v) is 21.2. The van der Waals surface area contributed by atoms with Crippen LogP contribution in [0, 0.1) is 0 Å². The van der Waals surface area contributed by atoms with Crippen molar-refractivity contribution in [2.24, 2.45) is 0 Å². The number of rotatable bonds is 6. The van der Waals surface area contributed by atoms with Gasteiger partial charge in [-0.25, -0.2) is 15.0 Å². The fourth-order valence-corrected chi connectivity index (χ4v) is 9.42. The summed E-state index contributed by atoms with van der Waals surface area (Å²) in [7, 11) is 0. The average Bonchev–Trinajstić information content (AvgIpc) is 4.00. The molecular weight excluding hydrogens is 771 g/mol. The molecule has 13 aromatic rings. The lowest BCUT2D eigenvalue weighted by Gasteiger charge is -2.11. The predicted octanol–water partition coefficient (Wildman–Crippen LogP) is 14.6. The molecule has 0 fully saturated rings. The van der Waals surface area contributed by atoms with Gasteiger partial charge in [0.15, 0.2) is 17.5 Å². The molecule has 0 amide bonds. The van der Waals surface area contributed by atoms with E-state index in [-0.39, 0.29) is 0 Å². The summed E-state index contributed by atoms with van der Waals surface area (Å²) >= 11 is 0. The van der Waals surface area contributed by atoms with Crippen LogP contribution >= 0.6 is 0 Å². The van der Waals surface area contributed by atoms with Gasteiger partial charge in [-0.1, -0.05) is 140 Å². The molecular formula is C57H35N5O. The van der Waals surface area contributed by atoms with Gasteiger partial charge >= 0.3 is 0 Å². The molecule has 4 heterocycles. The van der Waals surface area contributed by atoms with E-state index in [1.165, 1.54) is 38.1 Å². The summed E-state index contributed by atoms with van der Waals surface area (Å²) in [6.45, 7) is 0. The summed E-state index contributed by atoms with van der Waals surface area (Å²) in [6.07, 6.45) is 0. The molecule has 0 radical (unpaired) electrons. The van der Waals surface area contributed by atoms with Crippen LogP contribution in [-0.4, -0.2) is 24.1 Å². The SMILES string of the molecule is c1ccc(-c2nc(-c3ccccc3)nc(-c3ccc4c(c3)oc3cc(-c5cccc(-n6c7ccccc7c7cc8c9ccccc9n(-c9ccccc9)c8cc76)c5)ccc34)n2)cc1. The highest BCUT2D eigenvalue weighted by atomic mass is 16.3. The Kier molecular flexibility index (Phi) is 7.80. The van der Waals surface area contributed by atoms with Crippen molar-refractivity contribution in [3.05, 3.63) is 212 Å². The van der Waals surface area contributed by atoms with Gasteiger partial charge in [0.25, 0.3) is 0 Å². The number of para-hydroxylation sites is 3. The van der Waals surface area contributed by atoms with Gasteiger partial charge < -0.3 is 13.6 Å². The van der Waals surface area contributed by atoms with E-state index in [0.29, 0.717) is 17.5 Å². The molecule has 4 aromatic heterocycles. The minimum absolute atomic E-state index is 0.592.